The van der Waals surface area contributed by atoms with E-state index in [2.05, 4.69) is 12.2 Å². The third-order valence-electron chi connectivity index (χ3n) is 5.71. The first-order valence-corrected chi connectivity index (χ1v) is 9.34. The van der Waals surface area contributed by atoms with Gasteiger partial charge in [-0.25, -0.2) is 4.39 Å². The molecule has 3 unspecified atom stereocenters. The van der Waals surface area contributed by atoms with Crippen LogP contribution in [0.25, 0.3) is 0 Å². The van der Waals surface area contributed by atoms with Gasteiger partial charge in [-0.05, 0) is 74.2 Å². The Morgan fingerprint density at radius 3 is 2.83 bits per heavy atom. The Labute approximate surface area is 144 Å². The molecule has 0 bridgehead atoms. The molecule has 24 heavy (non-hydrogen) atoms. The van der Waals surface area contributed by atoms with Gasteiger partial charge in [0, 0.05) is 19.5 Å². The molecule has 0 radical (unpaired) electrons. The summed E-state index contributed by atoms with van der Waals surface area (Å²) in [6.07, 6.45) is 5.14. The zero-order valence-electron chi connectivity index (χ0n) is 14.6. The molecule has 132 valence electrons. The number of nitrogens with one attached hydrogen (secondary N) is 1. The lowest BCUT2D eigenvalue weighted by atomic mass is 9.85. The van der Waals surface area contributed by atoms with E-state index in [0.29, 0.717) is 30.1 Å². The molecule has 2 heterocycles. The van der Waals surface area contributed by atoms with E-state index in [-0.39, 0.29) is 5.82 Å². The van der Waals surface area contributed by atoms with Crippen molar-refractivity contribution in [3.8, 4) is 0 Å². The van der Waals surface area contributed by atoms with Gasteiger partial charge >= 0.3 is 0 Å². The Bertz CT molecular complexity index is 539. The van der Waals surface area contributed by atoms with Gasteiger partial charge in [0.1, 0.15) is 5.82 Å². The summed E-state index contributed by atoms with van der Waals surface area (Å²) in [5.74, 6) is 1.73. The van der Waals surface area contributed by atoms with E-state index in [4.69, 9.17) is 0 Å². The maximum atomic E-state index is 13.0. The summed E-state index contributed by atoms with van der Waals surface area (Å²) in [7, 11) is 0. The van der Waals surface area contributed by atoms with Crippen LogP contribution in [0, 0.1) is 23.6 Å². The van der Waals surface area contributed by atoms with Crippen molar-refractivity contribution in [3.63, 3.8) is 0 Å². The first-order chi connectivity index (χ1) is 11.6. The van der Waals surface area contributed by atoms with Crippen LogP contribution in [0.15, 0.2) is 24.3 Å². The van der Waals surface area contributed by atoms with E-state index in [0.717, 1.165) is 44.6 Å². The highest BCUT2D eigenvalue weighted by atomic mass is 19.1. The summed E-state index contributed by atoms with van der Waals surface area (Å²) in [6, 6.07) is 6.76. The van der Waals surface area contributed by atoms with E-state index >= 15 is 0 Å². The fourth-order valence-corrected chi connectivity index (χ4v) is 4.12. The smallest absolute Gasteiger partial charge is 0.222 e. The Morgan fingerprint density at radius 1 is 1.33 bits per heavy atom. The molecule has 1 N–H and O–H groups in total. The molecule has 3 rings (SSSR count). The van der Waals surface area contributed by atoms with Crippen molar-refractivity contribution in [1.29, 1.82) is 0 Å². The molecule has 1 aromatic carbocycles. The topological polar surface area (TPSA) is 32.3 Å². The van der Waals surface area contributed by atoms with Crippen molar-refractivity contribution >= 4 is 5.91 Å². The van der Waals surface area contributed by atoms with Crippen molar-refractivity contribution in [2.75, 3.05) is 26.2 Å². The zero-order chi connectivity index (χ0) is 16.9. The number of hydrogen-bond donors (Lipinski definition) is 1. The first-order valence-electron chi connectivity index (χ1n) is 9.34. The van der Waals surface area contributed by atoms with Crippen LogP contribution in [0.3, 0.4) is 0 Å². The van der Waals surface area contributed by atoms with Crippen LogP contribution in [0.5, 0.6) is 0 Å². The quantitative estimate of drug-likeness (QED) is 0.898. The largest absolute Gasteiger partial charge is 0.342 e. The lowest BCUT2D eigenvalue weighted by Gasteiger charge is -2.29. The lowest BCUT2D eigenvalue weighted by molar-refractivity contribution is -0.131. The van der Waals surface area contributed by atoms with Crippen LogP contribution in [0.2, 0.25) is 0 Å². The summed E-state index contributed by atoms with van der Waals surface area (Å²) >= 11 is 0. The number of piperidine rings is 1. The fraction of sp³-hybridized carbons (Fsp3) is 0.650. The summed E-state index contributed by atoms with van der Waals surface area (Å²) in [4.78, 5) is 14.6. The third kappa shape index (κ3) is 4.56. The van der Waals surface area contributed by atoms with Gasteiger partial charge in [-0.1, -0.05) is 19.1 Å². The molecule has 1 aromatic rings. The molecule has 1 amide bonds. The standard InChI is InChI=1S/C20H29FN2O/c1-15(18-3-2-9-22-13-18)11-20(24)23-10-8-17(14-23)12-16-4-6-19(21)7-5-16/h4-7,15,17-18,22H,2-3,8-14H2,1H3. The SMILES string of the molecule is CC(CC(=O)N1CCC(Cc2ccc(F)cc2)C1)C1CCCNC1. The average molecular weight is 332 g/mol. The molecule has 0 spiro atoms. The van der Waals surface area contributed by atoms with Gasteiger partial charge in [0.2, 0.25) is 5.91 Å². The van der Waals surface area contributed by atoms with Crippen molar-refractivity contribution < 1.29 is 9.18 Å². The van der Waals surface area contributed by atoms with Gasteiger partial charge in [-0.15, -0.1) is 0 Å². The number of halogens is 1. The van der Waals surface area contributed by atoms with Crippen molar-refractivity contribution in [1.82, 2.24) is 10.2 Å². The number of rotatable bonds is 5. The molecular weight excluding hydrogens is 303 g/mol. The number of carbonyl (C=O) groups is 1. The second kappa shape index (κ2) is 8.11. The maximum absolute atomic E-state index is 13.0. The van der Waals surface area contributed by atoms with E-state index in [1.807, 2.05) is 17.0 Å². The molecule has 3 atom stereocenters. The lowest BCUT2D eigenvalue weighted by Crippen LogP contribution is -2.36. The van der Waals surface area contributed by atoms with E-state index < -0.39 is 0 Å². The van der Waals surface area contributed by atoms with Crippen LogP contribution in [0.1, 0.15) is 38.2 Å². The van der Waals surface area contributed by atoms with E-state index in [1.165, 1.54) is 25.0 Å². The molecular formula is C20H29FN2O. The molecule has 3 nitrogen and oxygen atoms in total. The number of benzene rings is 1. The van der Waals surface area contributed by atoms with Crippen LogP contribution < -0.4 is 5.32 Å². The predicted molar refractivity (Wildman–Crippen MR) is 94.2 cm³/mol. The van der Waals surface area contributed by atoms with Gasteiger partial charge in [0.15, 0.2) is 0 Å². The van der Waals surface area contributed by atoms with Crippen molar-refractivity contribution in [2.45, 2.75) is 39.0 Å². The van der Waals surface area contributed by atoms with Crippen LogP contribution in [-0.4, -0.2) is 37.0 Å². The molecule has 0 aromatic heterocycles. The van der Waals surface area contributed by atoms with Gasteiger partial charge in [-0.2, -0.15) is 0 Å². The zero-order valence-corrected chi connectivity index (χ0v) is 14.6. The highest BCUT2D eigenvalue weighted by Crippen LogP contribution is 2.26. The van der Waals surface area contributed by atoms with Gasteiger partial charge < -0.3 is 10.2 Å². The minimum absolute atomic E-state index is 0.187. The molecule has 2 aliphatic heterocycles. The molecule has 0 aliphatic carbocycles. The van der Waals surface area contributed by atoms with Gasteiger partial charge in [-0.3, -0.25) is 4.79 Å². The Kier molecular flexibility index (Phi) is 5.88. The Morgan fingerprint density at radius 2 is 2.12 bits per heavy atom. The summed E-state index contributed by atoms with van der Waals surface area (Å²) in [5.41, 5.74) is 1.16. The summed E-state index contributed by atoms with van der Waals surface area (Å²) < 4.78 is 13.0. The second-order valence-corrected chi connectivity index (χ2v) is 7.61. The van der Waals surface area contributed by atoms with Crippen molar-refractivity contribution in [3.05, 3.63) is 35.6 Å². The Hall–Kier alpha value is -1.42. The van der Waals surface area contributed by atoms with E-state index in [9.17, 15) is 9.18 Å². The Balaban J connectivity index is 1.45. The third-order valence-corrected chi connectivity index (χ3v) is 5.71. The van der Waals surface area contributed by atoms with Crippen molar-refractivity contribution in [2.24, 2.45) is 17.8 Å². The van der Waals surface area contributed by atoms with Crippen LogP contribution in [0.4, 0.5) is 4.39 Å². The van der Waals surface area contributed by atoms with Gasteiger partial charge in [0.05, 0.1) is 0 Å². The minimum atomic E-state index is -0.187. The number of hydrogen-bond acceptors (Lipinski definition) is 2. The molecule has 2 aliphatic rings. The fourth-order valence-electron chi connectivity index (χ4n) is 4.12. The normalized spacial score (nSPS) is 25.7. The monoisotopic (exact) mass is 332 g/mol. The molecule has 2 saturated heterocycles. The average Bonchev–Trinajstić information content (AvgIpc) is 3.06. The predicted octanol–water partition coefficient (Wildman–Crippen LogP) is 3.24. The minimum Gasteiger partial charge on any atom is -0.342 e. The highest BCUT2D eigenvalue weighted by molar-refractivity contribution is 5.76. The highest BCUT2D eigenvalue weighted by Gasteiger charge is 2.29. The van der Waals surface area contributed by atoms with E-state index in [1.54, 1.807) is 0 Å². The van der Waals surface area contributed by atoms with Gasteiger partial charge in [0.25, 0.3) is 0 Å². The second-order valence-electron chi connectivity index (χ2n) is 7.61. The maximum Gasteiger partial charge on any atom is 0.222 e. The molecule has 4 heteroatoms. The van der Waals surface area contributed by atoms with Crippen LogP contribution >= 0.6 is 0 Å². The molecule has 0 saturated carbocycles. The summed E-state index contributed by atoms with van der Waals surface area (Å²) in [5, 5.41) is 3.45. The first kappa shape index (κ1) is 17.4. The number of likely N-dealkylation sites (tertiary alicyclic amines) is 1. The number of amides is 1. The number of nitrogens with zero attached hydrogens (tertiary/aromatic N) is 1. The number of carbonyl (C=O) groups excluding carboxylic acids is 1. The van der Waals surface area contributed by atoms with Crippen LogP contribution in [-0.2, 0) is 11.2 Å². The molecule has 2 fully saturated rings. The summed E-state index contributed by atoms with van der Waals surface area (Å²) in [6.45, 7) is 6.13.